The predicted octanol–water partition coefficient (Wildman–Crippen LogP) is 3.19. The summed E-state index contributed by atoms with van der Waals surface area (Å²) in [5.74, 6) is -0.436. The second-order valence-corrected chi connectivity index (χ2v) is 6.16. The Labute approximate surface area is 164 Å². The van der Waals surface area contributed by atoms with Gasteiger partial charge in [0.2, 0.25) is 0 Å². The number of nitrogens with zero attached hydrogens (tertiary/aromatic N) is 1. The second kappa shape index (κ2) is 10.1. The van der Waals surface area contributed by atoms with Crippen LogP contribution in [0.3, 0.4) is 0 Å². The minimum absolute atomic E-state index is 0.566. The van der Waals surface area contributed by atoms with Gasteiger partial charge in [0.1, 0.15) is 0 Å². The zero-order valence-corrected chi connectivity index (χ0v) is 16.5. The van der Waals surface area contributed by atoms with Crippen molar-refractivity contribution in [2.45, 2.75) is 27.2 Å². The molecule has 2 aromatic rings. The molecule has 0 aromatic heterocycles. The maximum Gasteiger partial charge on any atom is 0.329 e. The fraction of sp³-hybridized carbons (Fsp3) is 0.286. The summed E-state index contributed by atoms with van der Waals surface area (Å²) in [5.41, 5.74) is 5.43. The molecule has 2 rings (SSSR count). The number of carbonyl (C=O) groups is 2. The highest BCUT2D eigenvalue weighted by Crippen LogP contribution is 2.27. The van der Waals surface area contributed by atoms with E-state index < -0.39 is 11.8 Å². The van der Waals surface area contributed by atoms with Gasteiger partial charge in [-0.1, -0.05) is 19.1 Å². The fourth-order valence-corrected chi connectivity index (χ4v) is 2.38. The molecule has 2 N–H and O–H groups in total. The summed E-state index contributed by atoms with van der Waals surface area (Å²) in [6, 6.07) is 10.8. The van der Waals surface area contributed by atoms with Crippen molar-refractivity contribution in [3.8, 4) is 11.5 Å². The molecule has 0 atom stereocenters. The second-order valence-electron chi connectivity index (χ2n) is 6.16. The van der Waals surface area contributed by atoms with Crippen molar-refractivity contribution in [2.24, 2.45) is 5.10 Å². The van der Waals surface area contributed by atoms with E-state index >= 15 is 0 Å². The van der Waals surface area contributed by atoms with E-state index in [4.69, 9.17) is 9.47 Å². The third-order valence-corrected chi connectivity index (χ3v) is 4.09. The Balaban J connectivity index is 1.97. The molecule has 0 saturated heterocycles. The van der Waals surface area contributed by atoms with Gasteiger partial charge >= 0.3 is 11.8 Å². The first-order chi connectivity index (χ1) is 13.5. The first kappa shape index (κ1) is 21.0. The van der Waals surface area contributed by atoms with Gasteiger partial charge in [-0.2, -0.15) is 5.10 Å². The van der Waals surface area contributed by atoms with Crippen molar-refractivity contribution in [1.29, 1.82) is 0 Å². The molecule has 2 aromatic carbocycles. The number of carbonyl (C=O) groups excluding carboxylic acids is 2. The van der Waals surface area contributed by atoms with Gasteiger partial charge < -0.3 is 14.8 Å². The van der Waals surface area contributed by atoms with Gasteiger partial charge in [-0.3, -0.25) is 9.59 Å². The Hall–Kier alpha value is -3.35. The van der Waals surface area contributed by atoms with Crippen LogP contribution in [0, 0.1) is 13.8 Å². The lowest BCUT2D eigenvalue weighted by Gasteiger charge is -2.10. The molecule has 0 aliphatic rings. The van der Waals surface area contributed by atoms with E-state index in [1.165, 1.54) is 6.21 Å². The van der Waals surface area contributed by atoms with Crippen molar-refractivity contribution in [3.63, 3.8) is 0 Å². The summed E-state index contributed by atoms with van der Waals surface area (Å²) in [5, 5.41) is 6.41. The number of ether oxygens (including phenoxy) is 2. The number of amides is 2. The normalized spacial score (nSPS) is 10.6. The summed E-state index contributed by atoms with van der Waals surface area (Å²) >= 11 is 0. The first-order valence-corrected chi connectivity index (χ1v) is 8.97. The Morgan fingerprint density at radius 2 is 1.89 bits per heavy atom. The number of nitrogens with one attached hydrogen (secondary N) is 2. The van der Waals surface area contributed by atoms with E-state index in [-0.39, 0.29) is 0 Å². The predicted molar refractivity (Wildman–Crippen MR) is 109 cm³/mol. The molecule has 148 valence electrons. The molecule has 0 heterocycles. The molecule has 0 spiro atoms. The summed E-state index contributed by atoms with van der Waals surface area (Å²) in [4.78, 5) is 24.0. The molecule has 0 aliphatic heterocycles. The molecule has 7 nitrogen and oxygen atoms in total. The number of benzene rings is 2. The topological polar surface area (TPSA) is 89.0 Å². The third kappa shape index (κ3) is 5.57. The highest BCUT2D eigenvalue weighted by Gasteiger charge is 2.14. The maximum atomic E-state index is 12.0. The van der Waals surface area contributed by atoms with E-state index in [0.29, 0.717) is 29.4 Å². The van der Waals surface area contributed by atoms with Crippen molar-refractivity contribution in [3.05, 3.63) is 53.1 Å². The number of methoxy groups -OCH3 is 1. The summed E-state index contributed by atoms with van der Waals surface area (Å²) in [6.07, 6.45) is 2.32. The van der Waals surface area contributed by atoms with Gasteiger partial charge in [-0.15, -0.1) is 0 Å². The molecule has 0 fully saturated rings. The molecule has 0 bridgehead atoms. The molecule has 28 heavy (non-hydrogen) atoms. The SMILES string of the molecule is CCCOc1ccc(/C=N\NC(=O)C(=O)Nc2cccc(C)c2C)cc1OC. The van der Waals surface area contributed by atoms with Crippen molar-refractivity contribution >= 4 is 23.7 Å². The lowest BCUT2D eigenvalue weighted by atomic mass is 10.1. The van der Waals surface area contributed by atoms with Gasteiger partial charge in [0, 0.05) is 5.69 Å². The Bertz CT molecular complexity index is 878. The van der Waals surface area contributed by atoms with Gasteiger partial charge in [-0.25, -0.2) is 5.43 Å². The zero-order chi connectivity index (χ0) is 20.5. The highest BCUT2D eigenvalue weighted by atomic mass is 16.5. The number of hydrogen-bond donors (Lipinski definition) is 2. The maximum absolute atomic E-state index is 12.0. The van der Waals surface area contributed by atoms with E-state index in [0.717, 1.165) is 17.5 Å². The number of anilines is 1. The van der Waals surface area contributed by atoms with Crippen LogP contribution in [0.1, 0.15) is 30.0 Å². The van der Waals surface area contributed by atoms with Crippen LogP contribution in [0.4, 0.5) is 5.69 Å². The van der Waals surface area contributed by atoms with Crippen molar-refractivity contribution < 1.29 is 19.1 Å². The standard InChI is InChI=1S/C21H25N3O4/c1-5-11-28-18-10-9-16(12-19(18)27-4)13-22-24-21(26)20(25)23-17-8-6-7-14(2)15(17)3/h6-10,12-13H,5,11H2,1-4H3,(H,23,25)(H,24,26)/b22-13-. The van der Waals surface area contributed by atoms with Crippen LogP contribution in [0.5, 0.6) is 11.5 Å². The fourth-order valence-electron chi connectivity index (χ4n) is 2.38. The number of hydrazone groups is 1. The average Bonchev–Trinajstić information content (AvgIpc) is 2.70. The van der Waals surface area contributed by atoms with Gasteiger partial charge in [-0.05, 0) is 61.2 Å². The van der Waals surface area contributed by atoms with E-state index in [9.17, 15) is 9.59 Å². The largest absolute Gasteiger partial charge is 0.493 e. The quantitative estimate of drug-likeness (QED) is 0.437. The molecule has 0 aliphatic carbocycles. The Morgan fingerprint density at radius 1 is 1.11 bits per heavy atom. The average molecular weight is 383 g/mol. The molecular formula is C21H25N3O4. The monoisotopic (exact) mass is 383 g/mol. The molecule has 0 unspecified atom stereocenters. The molecule has 0 saturated carbocycles. The van der Waals surface area contributed by atoms with Crippen LogP contribution in [0.15, 0.2) is 41.5 Å². The lowest BCUT2D eigenvalue weighted by molar-refractivity contribution is -0.136. The van der Waals surface area contributed by atoms with Gasteiger partial charge in [0.15, 0.2) is 11.5 Å². The summed E-state index contributed by atoms with van der Waals surface area (Å²) in [6.45, 7) is 6.42. The summed E-state index contributed by atoms with van der Waals surface area (Å²) < 4.78 is 10.9. The van der Waals surface area contributed by atoms with E-state index in [1.54, 1.807) is 31.4 Å². The number of aryl methyl sites for hydroxylation is 1. The minimum atomic E-state index is -0.855. The Kier molecular flexibility index (Phi) is 7.56. The van der Waals surface area contributed by atoms with Gasteiger partial charge in [0.25, 0.3) is 0 Å². The molecule has 2 amide bonds. The third-order valence-electron chi connectivity index (χ3n) is 4.09. The van der Waals surface area contributed by atoms with E-state index in [1.807, 2.05) is 32.9 Å². The highest BCUT2D eigenvalue weighted by molar-refractivity contribution is 6.39. The van der Waals surface area contributed by atoms with Crippen LogP contribution in [0.25, 0.3) is 0 Å². The van der Waals surface area contributed by atoms with Crippen molar-refractivity contribution in [2.75, 3.05) is 19.0 Å². The summed E-state index contributed by atoms with van der Waals surface area (Å²) in [7, 11) is 1.55. The van der Waals surface area contributed by atoms with Gasteiger partial charge in [0.05, 0.1) is 19.9 Å². The zero-order valence-electron chi connectivity index (χ0n) is 16.5. The van der Waals surface area contributed by atoms with Crippen molar-refractivity contribution in [1.82, 2.24) is 5.43 Å². The number of hydrogen-bond acceptors (Lipinski definition) is 5. The molecular weight excluding hydrogens is 358 g/mol. The van der Waals surface area contributed by atoms with E-state index in [2.05, 4.69) is 15.8 Å². The molecule has 7 heteroatoms. The lowest BCUT2D eigenvalue weighted by Crippen LogP contribution is -2.32. The van der Waals surface area contributed by atoms with Crippen LogP contribution in [-0.2, 0) is 9.59 Å². The van der Waals surface area contributed by atoms with Crippen LogP contribution in [-0.4, -0.2) is 31.7 Å². The smallest absolute Gasteiger partial charge is 0.329 e. The minimum Gasteiger partial charge on any atom is -0.493 e. The van der Waals surface area contributed by atoms with Crippen LogP contribution in [0.2, 0.25) is 0 Å². The number of rotatable bonds is 7. The first-order valence-electron chi connectivity index (χ1n) is 8.97. The Morgan fingerprint density at radius 3 is 2.61 bits per heavy atom. The van der Waals surface area contributed by atoms with Crippen LogP contribution >= 0.6 is 0 Å². The van der Waals surface area contributed by atoms with Crippen LogP contribution < -0.4 is 20.2 Å². The molecule has 0 radical (unpaired) electrons.